The molecule has 0 fully saturated rings. The van der Waals surface area contributed by atoms with Crippen molar-refractivity contribution in [3.05, 3.63) is 23.0 Å². The van der Waals surface area contributed by atoms with Gasteiger partial charge in [-0.3, -0.25) is 5.43 Å². The first-order valence-electron chi connectivity index (χ1n) is 4.24. The Bertz CT molecular complexity index is 439. The molecule has 0 unspecified atom stereocenters. The summed E-state index contributed by atoms with van der Waals surface area (Å²) in [4.78, 5) is 9.39. The van der Waals surface area contributed by atoms with Gasteiger partial charge in [-0.15, -0.1) is 0 Å². The predicted molar refractivity (Wildman–Crippen MR) is 60.7 cm³/mol. The van der Waals surface area contributed by atoms with Crippen LogP contribution >= 0.6 is 23.1 Å². The number of nitrogens with two attached hydrogens (primary N) is 1. The van der Waals surface area contributed by atoms with Crippen LogP contribution in [-0.2, 0) is 5.75 Å². The molecule has 0 amide bonds. The van der Waals surface area contributed by atoms with Crippen molar-refractivity contribution >= 4 is 28.2 Å². The van der Waals surface area contributed by atoms with Crippen molar-refractivity contribution in [1.82, 2.24) is 9.97 Å². The summed E-state index contributed by atoms with van der Waals surface area (Å²) in [5.74, 6) is 6.02. The van der Waals surface area contributed by atoms with Gasteiger partial charge < -0.3 is 4.42 Å². The van der Waals surface area contributed by atoms with E-state index in [9.17, 15) is 0 Å². The molecule has 3 N–H and O–H groups in total. The van der Waals surface area contributed by atoms with Gasteiger partial charge in [0.25, 0.3) is 5.22 Å². The Kier molecular flexibility index (Phi) is 3.24. The summed E-state index contributed by atoms with van der Waals surface area (Å²) in [5, 5.41) is 1.40. The van der Waals surface area contributed by atoms with E-state index in [1.165, 1.54) is 11.3 Å². The predicted octanol–water partition coefficient (Wildman–Crippen LogP) is 2.02. The number of thioether (sulfide) groups is 1. The molecule has 0 saturated heterocycles. The summed E-state index contributed by atoms with van der Waals surface area (Å²) in [6.45, 7) is 1.90. The average Bonchev–Trinajstić information content (AvgIpc) is 2.83. The van der Waals surface area contributed by atoms with Crippen molar-refractivity contribution in [3.63, 3.8) is 0 Å². The summed E-state index contributed by atoms with van der Waals surface area (Å²) < 4.78 is 5.21. The molecule has 0 radical (unpaired) electrons. The largest absolute Gasteiger partial charge is 0.440 e. The van der Waals surface area contributed by atoms with Crippen LogP contribution in [0.5, 0.6) is 0 Å². The zero-order valence-electron chi connectivity index (χ0n) is 8.06. The fraction of sp³-hybridized carbons (Fsp3) is 0.250. The number of nitrogens with zero attached hydrogens (tertiary/aromatic N) is 2. The molecule has 0 aliphatic rings. The van der Waals surface area contributed by atoms with E-state index in [-0.39, 0.29) is 0 Å². The third-order valence-corrected chi connectivity index (χ3v) is 3.61. The van der Waals surface area contributed by atoms with Crippen LogP contribution in [0.4, 0.5) is 5.13 Å². The number of nitrogens with one attached hydrogen (secondary N) is 1. The van der Waals surface area contributed by atoms with Gasteiger partial charge in [-0.1, -0.05) is 23.1 Å². The first-order valence-corrected chi connectivity index (χ1v) is 6.04. The monoisotopic (exact) mass is 242 g/mol. The number of rotatable bonds is 4. The number of aromatic nitrogens is 2. The maximum Gasteiger partial charge on any atom is 0.256 e. The van der Waals surface area contributed by atoms with E-state index in [1.807, 2.05) is 6.92 Å². The first-order chi connectivity index (χ1) is 7.28. The van der Waals surface area contributed by atoms with E-state index in [4.69, 9.17) is 10.3 Å². The fourth-order valence-electron chi connectivity index (χ4n) is 0.973. The Hall–Kier alpha value is -1.05. The van der Waals surface area contributed by atoms with E-state index >= 15 is 0 Å². The number of hydrogen-bond acceptors (Lipinski definition) is 7. The van der Waals surface area contributed by atoms with E-state index < -0.39 is 0 Å². The Morgan fingerprint density at radius 3 is 3.13 bits per heavy atom. The van der Waals surface area contributed by atoms with Gasteiger partial charge in [-0.25, -0.2) is 15.8 Å². The number of hydrogen-bond donors (Lipinski definition) is 2. The lowest BCUT2D eigenvalue weighted by molar-refractivity contribution is 0.454. The Labute approximate surface area is 95.1 Å². The fourth-order valence-corrected chi connectivity index (χ4v) is 2.57. The molecule has 2 aromatic heterocycles. The van der Waals surface area contributed by atoms with Gasteiger partial charge in [0.15, 0.2) is 5.13 Å². The number of anilines is 1. The third kappa shape index (κ3) is 2.71. The molecule has 80 valence electrons. The normalized spacial score (nSPS) is 10.5. The van der Waals surface area contributed by atoms with E-state index in [0.29, 0.717) is 10.4 Å². The molecule has 2 rings (SSSR count). The lowest BCUT2D eigenvalue weighted by atomic mass is 10.6. The Morgan fingerprint density at radius 2 is 2.53 bits per heavy atom. The summed E-state index contributed by atoms with van der Waals surface area (Å²) in [6, 6.07) is 0. The van der Waals surface area contributed by atoms with Crippen LogP contribution in [-0.4, -0.2) is 9.97 Å². The molecule has 7 heteroatoms. The minimum Gasteiger partial charge on any atom is -0.440 e. The molecule has 0 spiro atoms. The average molecular weight is 242 g/mol. The van der Waals surface area contributed by atoms with Gasteiger partial charge in [-0.05, 0) is 6.92 Å². The molecule has 0 aliphatic carbocycles. The zero-order valence-corrected chi connectivity index (χ0v) is 9.69. The molecule has 5 nitrogen and oxygen atoms in total. The van der Waals surface area contributed by atoms with Crippen molar-refractivity contribution < 1.29 is 4.42 Å². The highest BCUT2D eigenvalue weighted by atomic mass is 32.2. The van der Waals surface area contributed by atoms with Gasteiger partial charge in [0.05, 0.1) is 5.69 Å². The van der Waals surface area contributed by atoms with Crippen LogP contribution in [0.25, 0.3) is 0 Å². The van der Waals surface area contributed by atoms with E-state index in [2.05, 4.69) is 15.4 Å². The van der Waals surface area contributed by atoms with Crippen LogP contribution in [0.3, 0.4) is 0 Å². The summed E-state index contributed by atoms with van der Waals surface area (Å²) in [7, 11) is 0. The second-order valence-electron chi connectivity index (χ2n) is 2.82. The lowest BCUT2D eigenvalue weighted by Crippen LogP contribution is -2.05. The van der Waals surface area contributed by atoms with Crippen LogP contribution < -0.4 is 11.3 Å². The molecule has 0 aliphatic heterocycles. The molecule has 0 aromatic carbocycles. The van der Waals surface area contributed by atoms with Gasteiger partial charge in [0, 0.05) is 16.8 Å². The first kappa shape index (κ1) is 10.5. The second-order valence-corrected chi connectivity index (χ2v) is 4.86. The minimum atomic E-state index is 0.683. The number of aryl methyl sites for hydroxylation is 1. The number of hydrazine groups is 1. The van der Waals surface area contributed by atoms with Crippen molar-refractivity contribution in [3.8, 4) is 0 Å². The summed E-state index contributed by atoms with van der Waals surface area (Å²) in [6.07, 6.45) is 3.44. The highest BCUT2D eigenvalue weighted by Gasteiger charge is 2.05. The minimum absolute atomic E-state index is 0.683. The number of oxazole rings is 1. The van der Waals surface area contributed by atoms with Gasteiger partial charge >= 0.3 is 0 Å². The maximum atomic E-state index is 5.23. The van der Waals surface area contributed by atoms with Crippen LogP contribution in [0, 0.1) is 6.92 Å². The number of nitrogen functional groups attached to an aromatic ring is 1. The summed E-state index contributed by atoms with van der Waals surface area (Å²) in [5.41, 5.74) is 3.40. The van der Waals surface area contributed by atoms with Gasteiger partial charge in [0.2, 0.25) is 0 Å². The molecule has 15 heavy (non-hydrogen) atoms. The van der Waals surface area contributed by atoms with Crippen molar-refractivity contribution in [1.29, 1.82) is 0 Å². The van der Waals surface area contributed by atoms with E-state index in [1.54, 1.807) is 24.2 Å². The molecule has 0 saturated carbocycles. The Balaban J connectivity index is 1.93. The SMILES string of the molecule is Cc1coc(SCc2cnc(NN)s2)n1. The van der Waals surface area contributed by atoms with Gasteiger partial charge in [-0.2, -0.15) is 0 Å². The smallest absolute Gasteiger partial charge is 0.256 e. The maximum absolute atomic E-state index is 5.23. The molecular weight excluding hydrogens is 232 g/mol. The Morgan fingerprint density at radius 1 is 1.67 bits per heavy atom. The second kappa shape index (κ2) is 4.65. The summed E-state index contributed by atoms with van der Waals surface area (Å²) >= 11 is 3.06. The van der Waals surface area contributed by atoms with Crippen LogP contribution in [0.15, 0.2) is 22.1 Å². The molecule has 0 bridgehead atoms. The zero-order chi connectivity index (χ0) is 10.7. The highest BCUT2D eigenvalue weighted by Crippen LogP contribution is 2.26. The van der Waals surface area contributed by atoms with Crippen molar-refractivity contribution in [2.75, 3.05) is 5.43 Å². The molecule has 2 aromatic rings. The van der Waals surface area contributed by atoms with Crippen molar-refractivity contribution in [2.45, 2.75) is 17.9 Å². The lowest BCUT2D eigenvalue weighted by Gasteiger charge is -1.91. The quantitative estimate of drug-likeness (QED) is 0.485. The molecule has 2 heterocycles. The topological polar surface area (TPSA) is 77.0 Å². The van der Waals surface area contributed by atoms with Crippen molar-refractivity contribution in [2.24, 2.45) is 5.84 Å². The van der Waals surface area contributed by atoms with Crippen LogP contribution in [0.2, 0.25) is 0 Å². The molecular formula is C8H10N4OS2. The number of thiazole rings is 1. The third-order valence-electron chi connectivity index (χ3n) is 1.61. The van der Waals surface area contributed by atoms with E-state index in [0.717, 1.165) is 16.3 Å². The van der Waals surface area contributed by atoms with Gasteiger partial charge in [0.1, 0.15) is 6.26 Å². The highest BCUT2D eigenvalue weighted by molar-refractivity contribution is 7.98. The van der Waals surface area contributed by atoms with Crippen LogP contribution in [0.1, 0.15) is 10.6 Å². The standard InChI is InChI=1S/C8H10N4OS2/c1-5-3-13-8(11-5)14-4-6-2-10-7(12-9)15-6/h2-3H,4,9H2,1H3,(H,10,12). The molecule has 0 atom stereocenters.